The van der Waals surface area contributed by atoms with Crippen molar-refractivity contribution in [1.29, 1.82) is 0 Å². The Labute approximate surface area is 182 Å². The van der Waals surface area contributed by atoms with Crippen molar-refractivity contribution >= 4 is 23.5 Å². The number of hydrogen-bond acceptors (Lipinski definition) is 7. The molecular weight excluding hydrogens is 414 g/mol. The number of benzene rings is 3. The first-order valence-electron chi connectivity index (χ1n) is 9.55. The Balaban J connectivity index is 1.58. The van der Waals surface area contributed by atoms with E-state index in [1.54, 1.807) is 43.3 Å². The van der Waals surface area contributed by atoms with Crippen LogP contribution < -0.4 is 14.2 Å². The molecule has 32 heavy (non-hydrogen) atoms. The number of esters is 1. The van der Waals surface area contributed by atoms with E-state index < -0.39 is 10.9 Å². The van der Waals surface area contributed by atoms with E-state index in [0.29, 0.717) is 28.0 Å². The molecule has 0 aliphatic carbocycles. The lowest BCUT2D eigenvalue weighted by Crippen LogP contribution is -2.08. The third kappa shape index (κ3) is 4.06. The molecule has 1 heterocycles. The van der Waals surface area contributed by atoms with E-state index in [-0.39, 0.29) is 28.7 Å². The Kier molecular flexibility index (Phi) is 5.43. The third-order valence-electron chi connectivity index (χ3n) is 4.86. The lowest BCUT2D eigenvalue weighted by atomic mass is 10.0. The highest BCUT2D eigenvalue weighted by molar-refractivity contribution is 6.15. The molecule has 0 saturated carbocycles. The zero-order valence-electron chi connectivity index (χ0n) is 17.2. The number of hydrogen-bond donors (Lipinski definition) is 0. The second kappa shape index (κ2) is 8.35. The van der Waals surface area contributed by atoms with Crippen molar-refractivity contribution in [3.63, 3.8) is 0 Å². The molecule has 1 aliphatic heterocycles. The maximum Gasteiger partial charge on any atom is 0.343 e. The Bertz CT molecular complexity index is 1280. The minimum absolute atomic E-state index is 0.0298. The topological polar surface area (TPSA) is 105 Å². The van der Waals surface area contributed by atoms with Gasteiger partial charge >= 0.3 is 5.97 Å². The Morgan fingerprint density at radius 2 is 1.81 bits per heavy atom. The number of aryl methyl sites for hydroxylation is 1. The number of carbonyl (C=O) groups is 2. The van der Waals surface area contributed by atoms with Crippen molar-refractivity contribution in [3.8, 4) is 17.2 Å². The molecule has 3 aromatic rings. The minimum atomic E-state index is -0.566. The van der Waals surface area contributed by atoms with Crippen LogP contribution in [-0.4, -0.2) is 23.8 Å². The number of Topliss-reactive ketones (excluding diaryl/α,β-unsaturated/α-hetero) is 1. The number of nitrogens with zero attached hydrogens (tertiary/aromatic N) is 1. The number of rotatable bonds is 5. The molecule has 1 aliphatic rings. The van der Waals surface area contributed by atoms with Crippen molar-refractivity contribution in [2.75, 3.05) is 7.11 Å². The predicted octanol–water partition coefficient (Wildman–Crippen LogP) is 4.75. The largest absolute Gasteiger partial charge is 0.497 e. The van der Waals surface area contributed by atoms with Gasteiger partial charge in [-0.05, 0) is 54.5 Å². The van der Waals surface area contributed by atoms with Gasteiger partial charge in [0, 0.05) is 18.2 Å². The molecular formula is C24H17NO7. The molecule has 8 nitrogen and oxygen atoms in total. The van der Waals surface area contributed by atoms with Gasteiger partial charge in [-0.25, -0.2) is 4.79 Å². The van der Waals surface area contributed by atoms with Crippen LogP contribution in [0.25, 0.3) is 6.08 Å². The summed E-state index contributed by atoms with van der Waals surface area (Å²) in [4.78, 5) is 35.7. The van der Waals surface area contributed by atoms with E-state index in [1.807, 2.05) is 0 Å². The standard InChI is InChI=1S/C24H17NO7/c1-14-10-19(31-24(27)16-6-8-18(30-2)9-7-16)13-20-22(14)23(26)21(32-20)12-15-4-3-5-17(11-15)25(28)29/h3-13H,1-2H3/b21-12-. The van der Waals surface area contributed by atoms with E-state index >= 15 is 0 Å². The summed E-state index contributed by atoms with van der Waals surface area (Å²) in [5, 5.41) is 11.0. The van der Waals surface area contributed by atoms with E-state index in [4.69, 9.17) is 14.2 Å². The van der Waals surface area contributed by atoms with Crippen LogP contribution >= 0.6 is 0 Å². The van der Waals surface area contributed by atoms with Crippen molar-refractivity contribution in [2.24, 2.45) is 0 Å². The number of fused-ring (bicyclic) bond motifs is 1. The van der Waals surface area contributed by atoms with Crippen LogP contribution in [0.4, 0.5) is 5.69 Å². The van der Waals surface area contributed by atoms with E-state index in [1.165, 1.54) is 37.5 Å². The Morgan fingerprint density at radius 1 is 1.06 bits per heavy atom. The van der Waals surface area contributed by atoms with Gasteiger partial charge in [0.2, 0.25) is 5.78 Å². The molecule has 0 amide bonds. The molecule has 0 fully saturated rings. The molecule has 0 N–H and O–H groups in total. The number of ketones is 1. The summed E-state index contributed by atoms with van der Waals surface area (Å²) in [5.74, 6) is 0.212. The first-order valence-corrected chi connectivity index (χ1v) is 9.55. The van der Waals surface area contributed by atoms with Crippen LogP contribution in [0.1, 0.15) is 31.8 Å². The summed E-state index contributed by atoms with van der Waals surface area (Å²) >= 11 is 0. The second-order valence-electron chi connectivity index (χ2n) is 7.02. The summed E-state index contributed by atoms with van der Waals surface area (Å²) in [6.07, 6.45) is 1.44. The van der Waals surface area contributed by atoms with E-state index in [0.717, 1.165) is 0 Å². The number of allylic oxidation sites excluding steroid dienone is 1. The molecule has 0 atom stereocenters. The van der Waals surface area contributed by atoms with Crippen LogP contribution in [0.5, 0.6) is 17.2 Å². The van der Waals surface area contributed by atoms with Gasteiger partial charge in [-0.1, -0.05) is 12.1 Å². The van der Waals surface area contributed by atoms with Crippen LogP contribution in [0, 0.1) is 17.0 Å². The van der Waals surface area contributed by atoms with Crippen LogP contribution in [0.2, 0.25) is 0 Å². The van der Waals surface area contributed by atoms with Crippen molar-refractivity contribution in [3.05, 3.63) is 98.8 Å². The molecule has 160 valence electrons. The van der Waals surface area contributed by atoms with Crippen LogP contribution in [0.15, 0.2) is 66.4 Å². The van der Waals surface area contributed by atoms with Gasteiger partial charge in [-0.3, -0.25) is 14.9 Å². The number of ether oxygens (including phenoxy) is 3. The maximum absolute atomic E-state index is 12.8. The fourth-order valence-electron chi connectivity index (χ4n) is 3.31. The van der Waals surface area contributed by atoms with Gasteiger partial charge in [0.05, 0.1) is 23.2 Å². The first-order chi connectivity index (χ1) is 15.4. The summed E-state index contributed by atoms with van der Waals surface area (Å²) < 4.78 is 16.2. The van der Waals surface area contributed by atoms with Gasteiger partial charge in [0.1, 0.15) is 17.2 Å². The zero-order chi connectivity index (χ0) is 22.8. The van der Waals surface area contributed by atoms with Gasteiger partial charge < -0.3 is 14.2 Å². The predicted molar refractivity (Wildman–Crippen MR) is 115 cm³/mol. The van der Waals surface area contributed by atoms with Crippen molar-refractivity contribution in [1.82, 2.24) is 0 Å². The van der Waals surface area contributed by atoms with Gasteiger partial charge in [0.15, 0.2) is 5.76 Å². The van der Waals surface area contributed by atoms with Gasteiger partial charge in [-0.15, -0.1) is 0 Å². The molecule has 0 aromatic heterocycles. The highest BCUT2D eigenvalue weighted by Crippen LogP contribution is 2.38. The van der Waals surface area contributed by atoms with Crippen LogP contribution in [0.3, 0.4) is 0 Å². The van der Waals surface area contributed by atoms with E-state index in [9.17, 15) is 19.7 Å². The molecule has 0 radical (unpaired) electrons. The summed E-state index contributed by atoms with van der Waals surface area (Å²) in [6.45, 7) is 1.71. The SMILES string of the molecule is COc1ccc(C(=O)Oc2cc(C)c3c(c2)O/C(=C\c2cccc([N+](=O)[O-])c2)C3=O)cc1. The quantitative estimate of drug-likeness (QED) is 0.189. The highest BCUT2D eigenvalue weighted by Gasteiger charge is 2.30. The summed E-state index contributed by atoms with van der Waals surface area (Å²) in [7, 11) is 1.53. The number of nitro benzene ring substituents is 1. The monoisotopic (exact) mass is 431 g/mol. The van der Waals surface area contributed by atoms with Crippen LogP contribution in [-0.2, 0) is 0 Å². The lowest BCUT2D eigenvalue weighted by molar-refractivity contribution is -0.384. The molecule has 0 bridgehead atoms. The van der Waals surface area contributed by atoms with E-state index in [2.05, 4.69) is 0 Å². The van der Waals surface area contributed by atoms with Crippen molar-refractivity contribution < 1.29 is 28.7 Å². The fourth-order valence-corrected chi connectivity index (χ4v) is 3.31. The average molecular weight is 431 g/mol. The molecule has 0 spiro atoms. The number of non-ortho nitro benzene ring substituents is 1. The summed E-state index contributed by atoms with van der Waals surface area (Å²) in [6, 6.07) is 15.4. The second-order valence-corrected chi connectivity index (χ2v) is 7.02. The highest BCUT2D eigenvalue weighted by atomic mass is 16.6. The zero-order valence-corrected chi connectivity index (χ0v) is 17.2. The Hall–Kier alpha value is -4.46. The minimum Gasteiger partial charge on any atom is -0.497 e. The van der Waals surface area contributed by atoms with Crippen molar-refractivity contribution in [2.45, 2.75) is 6.92 Å². The Morgan fingerprint density at radius 3 is 2.50 bits per heavy atom. The molecule has 3 aromatic carbocycles. The average Bonchev–Trinajstić information content (AvgIpc) is 3.09. The third-order valence-corrected chi connectivity index (χ3v) is 4.86. The molecule has 0 saturated heterocycles. The first kappa shape index (κ1) is 20.8. The fraction of sp³-hybridized carbons (Fsp3) is 0.0833. The maximum atomic E-state index is 12.8. The lowest BCUT2D eigenvalue weighted by Gasteiger charge is -2.08. The number of carbonyl (C=O) groups excluding carboxylic acids is 2. The molecule has 8 heteroatoms. The number of methoxy groups -OCH3 is 1. The number of nitro groups is 1. The normalized spacial score (nSPS) is 13.4. The molecule has 4 rings (SSSR count). The molecule has 0 unspecified atom stereocenters. The van der Waals surface area contributed by atoms with Gasteiger partial charge in [0.25, 0.3) is 5.69 Å². The van der Waals surface area contributed by atoms with Gasteiger partial charge in [-0.2, -0.15) is 0 Å². The summed E-state index contributed by atoms with van der Waals surface area (Å²) in [5.41, 5.74) is 1.64. The smallest absolute Gasteiger partial charge is 0.343 e.